The van der Waals surface area contributed by atoms with Crippen LogP contribution in [0.25, 0.3) is 0 Å². The summed E-state index contributed by atoms with van der Waals surface area (Å²) < 4.78 is 18.2. The number of rotatable bonds is 4. The summed E-state index contributed by atoms with van der Waals surface area (Å²) in [6, 6.07) is 10.9. The quantitative estimate of drug-likeness (QED) is 0.649. The number of phenols is 1. The molecule has 8 heteroatoms. The molecule has 36 heavy (non-hydrogen) atoms. The molecule has 0 spiro atoms. The van der Waals surface area contributed by atoms with E-state index in [4.69, 9.17) is 0 Å². The molecule has 0 aliphatic carbocycles. The van der Waals surface area contributed by atoms with E-state index in [0.29, 0.717) is 18.7 Å². The Balaban J connectivity index is 0.000000212. The number of ether oxygens (including phenoxy) is 1. The van der Waals surface area contributed by atoms with Crippen molar-refractivity contribution in [1.82, 2.24) is 14.7 Å². The maximum atomic E-state index is 13.5. The van der Waals surface area contributed by atoms with Gasteiger partial charge in [-0.25, -0.2) is 9.18 Å². The number of piperazine rings is 1. The summed E-state index contributed by atoms with van der Waals surface area (Å²) in [5, 5.41) is 9.34. The van der Waals surface area contributed by atoms with Crippen molar-refractivity contribution in [1.29, 1.82) is 0 Å². The van der Waals surface area contributed by atoms with Gasteiger partial charge >= 0.3 is 6.09 Å². The summed E-state index contributed by atoms with van der Waals surface area (Å²) in [4.78, 5) is 28.8. The molecular formula is C28H36FN3O4. The highest BCUT2D eigenvalue weighted by Crippen LogP contribution is 2.23. The molecule has 2 aromatic rings. The van der Waals surface area contributed by atoms with Crippen LogP contribution in [0.4, 0.5) is 9.18 Å². The zero-order valence-electron chi connectivity index (χ0n) is 21.4. The smallest absolute Gasteiger partial charge is 0.409 e. The van der Waals surface area contributed by atoms with Crippen LogP contribution in [0, 0.1) is 12.7 Å². The van der Waals surface area contributed by atoms with Gasteiger partial charge in [-0.05, 0) is 73.2 Å². The Hall–Kier alpha value is -3.39. The van der Waals surface area contributed by atoms with Gasteiger partial charge < -0.3 is 19.6 Å². The number of halogens is 1. The molecule has 0 aromatic heterocycles. The van der Waals surface area contributed by atoms with Crippen molar-refractivity contribution < 1.29 is 23.8 Å². The number of nitrogens with zero attached hydrogens (tertiary/aromatic N) is 3. The predicted molar refractivity (Wildman–Crippen MR) is 137 cm³/mol. The third kappa shape index (κ3) is 7.07. The summed E-state index contributed by atoms with van der Waals surface area (Å²) in [6.07, 6.45) is 2.70. The van der Waals surface area contributed by atoms with Crippen molar-refractivity contribution in [2.75, 3.05) is 39.8 Å². The van der Waals surface area contributed by atoms with Gasteiger partial charge in [0.15, 0.2) is 0 Å². The van der Waals surface area contributed by atoms with Crippen LogP contribution in [0.15, 0.2) is 49.1 Å². The number of benzene rings is 2. The molecule has 2 amide bonds. The van der Waals surface area contributed by atoms with Crippen molar-refractivity contribution >= 4 is 12.0 Å². The lowest BCUT2D eigenvalue weighted by atomic mass is 10.00. The Morgan fingerprint density at radius 2 is 1.94 bits per heavy atom. The Labute approximate surface area is 212 Å². The average molecular weight is 498 g/mol. The molecule has 2 aliphatic rings. The van der Waals surface area contributed by atoms with E-state index in [9.17, 15) is 19.1 Å². The van der Waals surface area contributed by atoms with Gasteiger partial charge in [0.1, 0.15) is 11.6 Å². The van der Waals surface area contributed by atoms with Crippen LogP contribution in [0.5, 0.6) is 5.75 Å². The van der Waals surface area contributed by atoms with Gasteiger partial charge in [-0.2, -0.15) is 0 Å². The number of amides is 2. The largest absolute Gasteiger partial charge is 0.508 e. The van der Waals surface area contributed by atoms with E-state index in [1.54, 1.807) is 30.0 Å². The molecule has 4 rings (SSSR count). The number of carbonyl (C=O) groups excluding carboxylic acids is 2. The molecule has 0 radical (unpaired) electrons. The average Bonchev–Trinajstić information content (AvgIpc) is 2.88. The maximum absolute atomic E-state index is 13.5. The Morgan fingerprint density at radius 3 is 2.61 bits per heavy atom. The molecule has 1 fully saturated rings. The maximum Gasteiger partial charge on any atom is 0.409 e. The van der Waals surface area contributed by atoms with Crippen LogP contribution in [0.3, 0.4) is 0 Å². The van der Waals surface area contributed by atoms with Crippen LogP contribution in [0.1, 0.15) is 29.2 Å². The zero-order chi connectivity index (χ0) is 26.2. The first-order chi connectivity index (χ1) is 17.2. The number of carbonyl (C=O) groups is 2. The summed E-state index contributed by atoms with van der Waals surface area (Å²) >= 11 is 0. The molecule has 0 bridgehead atoms. The third-order valence-electron chi connectivity index (χ3n) is 6.76. The highest BCUT2D eigenvalue weighted by atomic mass is 19.1. The number of phenolic OH excluding ortho intramolecular Hbond substituents is 1. The lowest BCUT2D eigenvalue weighted by Crippen LogP contribution is -2.53. The van der Waals surface area contributed by atoms with Crippen LogP contribution in [-0.2, 0) is 28.9 Å². The van der Waals surface area contributed by atoms with E-state index >= 15 is 0 Å². The standard InChI is InChI=1S/C17H23FN2O.C11H13NO3/c1-4-17(21)20-10-9-19(12-14(20)3)8-7-15-6-5-13(2)16(18)11-15;1-15-11(14)12-5-4-8-2-3-10(13)6-9(8)7-12/h4-6,11,14H,1,7-10,12H2,2-3H3;2-3,6,13H,4-5,7H2,1H3/t14-;/m1./s1. The molecule has 2 aliphatic heterocycles. The molecule has 7 nitrogen and oxygen atoms in total. The topological polar surface area (TPSA) is 73.3 Å². The fourth-order valence-electron chi connectivity index (χ4n) is 4.59. The Morgan fingerprint density at radius 1 is 1.17 bits per heavy atom. The second-order valence-corrected chi connectivity index (χ2v) is 9.31. The number of hydrogen-bond donors (Lipinski definition) is 1. The second-order valence-electron chi connectivity index (χ2n) is 9.31. The van der Waals surface area contributed by atoms with Gasteiger partial charge in [-0.1, -0.05) is 24.8 Å². The Bertz CT molecular complexity index is 1090. The van der Waals surface area contributed by atoms with Crippen LogP contribution >= 0.6 is 0 Å². The van der Waals surface area contributed by atoms with Gasteiger partial charge in [0.25, 0.3) is 0 Å². The van der Waals surface area contributed by atoms with Gasteiger partial charge in [-0.3, -0.25) is 9.69 Å². The third-order valence-corrected chi connectivity index (χ3v) is 6.76. The summed E-state index contributed by atoms with van der Waals surface area (Å²) in [7, 11) is 1.38. The molecular weight excluding hydrogens is 461 g/mol. The number of methoxy groups -OCH3 is 1. The van der Waals surface area contributed by atoms with E-state index in [1.807, 2.05) is 23.1 Å². The summed E-state index contributed by atoms with van der Waals surface area (Å²) in [6.45, 7) is 11.9. The van der Waals surface area contributed by atoms with Crippen molar-refractivity contribution in [3.8, 4) is 5.75 Å². The molecule has 0 saturated carbocycles. The summed E-state index contributed by atoms with van der Waals surface area (Å²) in [5.74, 6) is 0.102. The predicted octanol–water partition coefficient (Wildman–Crippen LogP) is 3.91. The number of fused-ring (bicyclic) bond motifs is 1. The first-order valence-corrected chi connectivity index (χ1v) is 12.3. The first-order valence-electron chi connectivity index (χ1n) is 12.3. The first kappa shape index (κ1) is 27.2. The lowest BCUT2D eigenvalue weighted by Gasteiger charge is -2.39. The molecule has 1 N–H and O–H groups in total. The number of hydrogen-bond acceptors (Lipinski definition) is 5. The second kappa shape index (κ2) is 12.5. The fourth-order valence-corrected chi connectivity index (χ4v) is 4.59. The van der Waals surface area contributed by atoms with Crippen molar-refractivity contribution in [3.63, 3.8) is 0 Å². The fraction of sp³-hybridized carbons (Fsp3) is 0.429. The van der Waals surface area contributed by atoms with E-state index in [-0.39, 0.29) is 29.6 Å². The van der Waals surface area contributed by atoms with E-state index in [1.165, 1.54) is 18.7 Å². The van der Waals surface area contributed by atoms with Gasteiger partial charge in [0, 0.05) is 45.3 Å². The normalized spacial score (nSPS) is 17.5. The number of aryl methyl sites for hydroxylation is 1. The lowest BCUT2D eigenvalue weighted by molar-refractivity contribution is -0.130. The van der Waals surface area contributed by atoms with E-state index in [0.717, 1.165) is 50.1 Å². The highest BCUT2D eigenvalue weighted by molar-refractivity contribution is 5.87. The van der Waals surface area contributed by atoms with Crippen molar-refractivity contribution in [2.45, 2.75) is 39.3 Å². The summed E-state index contributed by atoms with van der Waals surface area (Å²) in [5.41, 5.74) is 3.89. The molecule has 1 atom stereocenters. The van der Waals surface area contributed by atoms with Gasteiger partial charge in [0.05, 0.1) is 7.11 Å². The van der Waals surface area contributed by atoms with E-state index < -0.39 is 0 Å². The molecule has 1 saturated heterocycles. The van der Waals surface area contributed by atoms with Crippen molar-refractivity contribution in [3.05, 3.63) is 77.1 Å². The molecule has 2 aromatic carbocycles. The van der Waals surface area contributed by atoms with Crippen LogP contribution < -0.4 is 0 Å². The monoisotopic (exact) mass is 497 g/mol. The highest BCUT2D eigenvalue weighted by Gasteiger charge is 2.25. The minimum Gasteiger partial charge on any atom is -0.508 e. The Kier molecular flexibility index (Phi) is 9.47. The molecule has 194 valence electrons. The van der Waals surface area contributed by atoms with Crippen LogP contribution in [0.2, 0.25) is 0 Å². The van der Waals surface area contributed by atoms with Crippen molar-refractivity contribution in [2.24, 2.45) is 0 Å². The SMILES string of the molecule is C=CC(=O)N1CCN(CCc2ccc(C)c(F)c2)C[C@H]1C.COC(=O)N1CCc2ccc(O)cc2C1. The van der Waals surface area contributed by atoms with Gasteiger partial charge in [-0.15, -0.1) is 0 Å². The molecule has 2 heterocycles. The van der Waals surface area contributed by atoms with E-state index in [2.05, 4.69) is 23.1 Å². The zero-order valence-corrected chi connectivity index (χ0v) is 21.4. The van der Waals surface area contributed by atoms with Gasteiger partial charge in [0.2, 0.25) is 5.91 Å². The minimum absolute atomic E-state index is 0.00255. The minimum atomic E-state index is -0.316. The number of aromatic hydroxyl groups is 1. The molecule has 0 unspecified atom stereocenters. The van der Waals surface area contributed by atoms with Crippen LogP contribution in [-0.4, -0.2) is 77.7 Å².